The van der Waals surface area contributed by atoms with Crippen LogP contribution in [0, 0.1) is 6.92 Å². The summed E-state index contributed by atoms with van der Waals surface area (Å²) in [5.74, 6) is 0. The van der Waals surface area contributed by atoms with E-state index in [1.54, 1.807) is 5.56 Å². The molecule has 2 aliphatic rings. The number of nitrogens with zero attached hydrogens (tertiary/aromatic N) is 3. The van der Waals surface area contributed by atoms with Crippen molar-refractivity contribution in [2.24, 2.45) is 0 Å². The van der Waals surface area contributed by atoms with Gasteiger partial charge < -0.3 is 4.57 Å². The molecule has 4 heterocycles. The van der Waals surface area contributed by atoms with Gasteiger partial charge in [0.05, 0.1) is 0 Å². The van der Waals surface area contributed by atoms with Gasteiger partial charge in [0.2, 0.25) is 0 Å². The number of pyridine rings is 1. The smallest absolute Gasteiger partial charge is 0.140 e. The Morgan fingerprint density at radius 1 is 1.11 bits per heavy atom. The zero-order valence-electron chi connectivity index (χ0n) is 16.6. The van der Waals surface area contributed by atoms with Gasteiger partial charge >= 0.3 is 0 Å². The van der Waals surface area contributed by atoms with Crippen molar-refractivity contribution < 1.29 is 4.39 Å². The van der Waals surface area contributed by atoms with Crippen LogP contribution < -0.4 is 0 Å². The second-order valence-corrected chi connectivity index (χ2v) is 8.39. The van der Waals surface area contributed by atoms with E-state index in [4.69, 9.17) is 4.98 Å². The molecule has 3 nitrogen and oxygen atoms in total. The number of hydrogen-bond donors (Lipinski definition) is 0. The number of aromatic nitrogens is 2. The highest BCUT2D eigenvalue weighted by Gasteiger charge is 2.34. The molecular weight excluding hydrogens is 349 g/mol. The molecule has 0 bridgehead atoms. The van der Waals surface area contributed by atoms with Crippen molar-refractivity contribution in [1.29, 1.82) is 0 Å². The first-order valence-corrected chi connectivity index (χ1v) is 10.6. The number of aryl methyl sites for hydroxylation is 3. The Kier molecular flexibility index (Phi) is 4.67. The Morgan fingerprint density at radius 2 is 1.93 bits per heavy atom. The zero-order chi connectivity index (χ0) is 19.1. The summed E-state index contributed by atoms with van der Waals surface area (Å²) in [6, 6.07) is 10.8. The Bertz CT molecular complexity index is 989. The molecule has 0 saturated carbocycles. The van der Waals surface area contributed by atoms with Gasteiger partial charge in [-0.15, -0.1) is 0 Å². The minimum Gasteiger partial charge on any atom is -0.329 e. The lowest BCUT2D eigenvalue weighted by atomic mass is 9.89. The third-order valence-electron chi connectivity index (χ3n) is 6.57. The average Bonchev–Trinajstić information content (AvgIpc) is 3.05. The lowest BCUT2D eigenvalue weighted by molar-refractivity contribution is 0.138. The van der Waals surface area contributed by atoms with Crippen LogP contribution in [0.3, 0.4) is 0 Å². The van der Waals surface area contributed by atoms with Crippen molar-refractivity contribution in [1.82, 2.24) is 14.5 Å². The maximum absolute atomic E-state index is 12.8. The number of hydrogen-bond acceptors (Lipinski definition) is 2. The van der Waals surface area contributed by atoms with E-state index < -0.39 is 6.67 Å². The summed E-state index contributed by atoms with van der Waals surface area (Å²) >= 11 is 0. The molecule has 0 radical (unpaired) electrons. The van der Waals surface area contributed by atoms with Gasteiger partial charge in [0.1, 0.15) is 12.3 Å². The number of benzene rings is 1. The molecule has 3 aromatic rings. The molecule has 0 aliphatic carbocycles. The summed E-state index contributed by atoms with van der Waals surface area (Å²) in [7, 11) is 0. The molecule has 28 heavy (non-hydrogen) atoms. The lowest BCUT2D eigenvalue weighted by Gasteiger charge is -2.39. The number of rotatable bonds is 4. The first-order valence-electron chi connectivity index (χ1n) is 10.6. The molecule has 2 aliphatic heterocycles. The van der Waals surface area contributed by atoms with E-state index >= 15 is 0 Å². The third-order valence-corrected chi connectivity index (χ3v) is 6.57. The first kappa shape index (κ1) is 17.9. The average molecular weight is 378 g/mol. The molecule has 0 N–H and O–H groups in total. The first-order chi connectivity index (χ1) is 13.7. The van der Waals surface area contributed by atoms with Gasteiger partial charge in [0, 0.05) is 42.8 Å². The fourth-order valence-electron chi connectivity index (χ4n) is 5.16. The maximum atomic E-state index is 12.8. The summed E-state index contributed by atoms with van der Waals surface area (Å²) in [5.41, 5.74) is 7.43. The molecule has 5 rings (SSSR count). The topological polar surface area (TPSA) is 21.1 Å². The fraction of sp³-hybridized carbons (Fsp3) is 0.458. The van der Waals surface area contributed by atoms with Crippen LogP contribution in [0.25, 0.3) is 11.0 Å². The normalized spacial score (nSPS) is 19.6. The SMILES string of the molecule is Cc1cnc2c(c1)c1c(n2CCc2ccc(CF)cc2)CCN2CCCCC12. The molecule has 1 unspecified atom stereocenters. The van der Waals surface area contributed by atoms with Crippen molar-refractivity contribution in [2.45, 2.75) is 58.3 Å². The summed E-state index contributed by atoms with van der Waals surface area (Å²) in [5, 5.41) is 1.36. The largest absolute Gasteiger partial charge is 0.329 e. The predicted octanol–water partition coefficient (Wildman–Crippen LogP) is 5.14. The Balaban J connectivity index is 1.53. The lowest BCUT2D eigenvalue weighted by Crippen LogP contribution is -2.39. The quantitative estimate of drug-likeness (QED) is 0.628. The van der Waals surface area contributed by atoms with E-state index in [-0.39, 0.29) is 0 Å². The van der Waals surface area contributed by atoms with E-state index in [1.165, 1.54) is 48.0 Å². The molecule has 4 heteroatoms. The maximum Gasteiger partial charge on any atom is 0.140 e. The van der Waals surface area contributed by atoms with Crippen molar-refractivity contribution in [3.63, 3.8) is 0 Å². The van der Waals surface area contributed by atoms with Gasteiger partial charge in [-0.05, 0) is 61.1 Å². The van der Waals surface area contributed by atoms with Crippen LogP contribution in [0.1, 0.15) is 53.3 Å². The second kappa shape index (κ2) is 7.32. The van der Waals surface area contributed by atoms with Gasteiger partial charge in [0.15, 0.2) is 0 Å². The molecule has 0 spiro atoms. The van der Waals surface area contributed by atoms with E-state index in [2.05, 4.69) is 34.6 Å². The van der Waals surface area contributed by atoms with Gasteiger partial charge in [-0.2, -0.15) is 0 Å². The van der Waals surface area contributed by atoms with E-state index in [0.29, 0.717) is 6.04 Å². The van der Waals surface area contributed by atoms with Crippen LogP contribution in [-0.2, 0) is 26.1 Å². The standard InChI is InChI=1S/C24H28FN3/c1-17-14-20-23-21-4-2-3-11-27(21)12-10-22(23)28(24(20)26-16-17)13-9-18-5-7-19(15-25)8-6-18/h5-8,14,16,21H,2-4,9-13,15H2,1H3. The molecule has 146 valence electrons. The monoisotopic (exact) mass is 377 g/mol. The van der Waals surface area contributed by atoms with Crippen molar-refractivity contribution in [3.8, 4) is 0 Å². The third kappa shape index (κ3) is 3.04. The van der Waals surface area contributed by atoms with Crippen LogP contribution >= 0.6 is 0 Å². The highest BCUT2D eigenvalue weighted by atomic mass is 19.1. The van der Waals surface area contributed by atoms with Crippen molar-refractivity contribution in [3.05, 3.63) is 64.5 Å². The van der Waals surface area contributed by atoms with E-state index in [1.807, 2.05) is 18.3 Å². The Labute approximate surface area is 166 Å². The predicted molar refractivity (Wildman–Crippen MR) is 111 cm³/mol. The van der Waals surface area contributed by atoms with Crippen LogP contribution in [0.2, 0.25) is 0 Å². The fourth-order valence-corrected chi connectivity index (χ4v) is 5.16. The minimum atomic E-state index is -0.392. The number of alkyl halides is 1. The van der Waals surface area contributed by atoms with Crippen LogP contribution in [0.4, 0.5) is 4.39 Å². The zero-order valence-corrected chi connectivity index (χ0v) is 16.6. The van der Waals surface area contributed by atoms with Crippen molar-refractivity contribution in [2.75, 3.05) is 13.1 Å². The summed E-state index contributed by atoms with van der Waals surface area (Å²) in [6.07, 6.45) is 7.99. The number of fused-ring (bicyclic) bond motifs is 5. The van der Waals surface area contributed by atoms with Crippen LogP contribution in [0.5, 0.6) is 0 Å². The Hall–Kier alpha value is -2.20. The minimum absolute atomic E-state index is 0.392. The van der Waals surface area contributed by atoms with Gasteiger partial charge in [-0.3, -0.25) is 4.90 Å². The second-order valence-electron chi connectivity index (χ2n) is 8.39. The number of piperidine rings is 1. The van der Waals surface area contributed by atoms with Gasteiger partial charge in [0.25, 0.3) is 0 Å². The van der Waals surface area contributed by atoms with Gasteiger partial charge in [-0.1, -0.05) is 30.7 Å². The molecule has 1 fully saturated rings. The molecule has 0 amide bonds. The molecule has 1 saturated heterocycles. The van der Waals surface area contributed by atoms with Gasteiger partial charge in [-0.25, -0.2) is 9.37 Å². The highest BCUT2D eigenvalue weighted by Crippen LogP contribution is 2.42. The van der Waals surface area contributed by atoms with Crippen LogP contribution in [0.15, 0.2) is 36.5 Å². The molecule has 1 atom stereocenters. The summed E-state index contributed by atoms with van der Waals surface area (Å²) in [6.45, 7) is 5.08. The molecule has 1 aromatic carbocycles. The Morgan fingerprint density at radius 3 is 2.75 bits per heavy atom. The summed E-state index contributed by atoms with van der Waals surface area (Å²) in [4.78, 5) is 7.55. The van der Waals surface area contributed by atoms with Crippen LogP contribution in [-0.4, -0.2) is 27.5 Å². The molecular formula is C24H28FN3. The number of halogens is 1. The highest BCUT2D eigenvalue weighted by molar-refractivity contribution is 5.84. The van der Waals surface area contributed by atoms with E-state index in [9.17, 15) is 4.39 Å². The van der Waals surface area contributed by atoms with Crippen molar-refractivity contribution >= 4 is 11.0 Å². The summed E-state index contributed by atoms with van der Waals surface area (Å²) < 4.78 is 15.3. The molecule has 2 aromatic heterocycles. The van der Waals surface area contributed by atoms with E-state index in [0.717, 1.165) is 37.1 Å².